The van der Waals surface area contributed by atoms with Crippen molar-refractivity contribution in [2.45, 2.75) is 19.1 Å². The summed E-state index contributed by atoms with van der Waals surface area (Å²) < 4.78 is 10.4. The number of ether oxygens (including phenoxy) is 2. The molecule has 134 valence electrons. The lowest BCUT2D eigenvalue weighted by molar-refractivity contribution is -0.155. The van der Waals surface area contributed by atoms with Crippen molar-refractivity contribution in [2.24, 2.45) is 5.92 Å². The summed E-state index contributed by atoms with van der Waals surface area (Å²) in [5.74, 6) is -0.499. The van der Waals surface area contributed by atoms with Gasteiger partial charge in [-0.2, -0.15) is 0 Å². The minimum Gasteiger partial charge on any atom is -0.497 e. The highest BCUT2D eigenvalue weighted by Crippen LogP contribution is 2.34. The molecule has 2 heterocycles. The number of anilines is 1. The number of carbonyl (C=O) groups is 3. The first-order chi connectivity index (χ1) is 12.7. The number of benzene rings is 1. The van der Waals surface area contributed by atoms with Gasteiger partial charge in [-0.3, -0.25) is 9.69 Å². The molecule has 0 N–H and O–H groups in total. The quantitative estimate of drug-likeness (QED) is 0.428. The Labute approximate surface area is 150 Å². The molecule has 2 aromatic rings. The van der Waals surface area contributed by atoms with Gasteiger partial charge in [0.05, 0.1) is 13.0 Å². The predicted molar refractivity (Wildman–Crippen MR) is 92.5 cm³/mol. The summed E-state index contributed by atoms with van der Waals surface area (Å²) in [5.41, 5.74) is 0.793. The topological polar surface area (TPSA) is 85.8 Å². The number of aldehydes is 1. The minimum absolute atomic E-state index is 0.0233. The number of pyridine rings is 1. The monoisotopic (exact) mass is 354 g/mol. The summed E-state index contributed by atoms with van der Waals surface area (Å²) in [6.45, 7) is 0.0669. The van der Waals surface area contributed by atoms with Gasteiger partial charge >= 0.3 is 5.97 Å². The molecule has 7 nitrogen and oxygen atoms in total. The third-order valence-corrected chi connectivity index (χ3v) is 4.24. The van der Waals surface area contributed by atoms with Crippen LogP contribution < -0.4 is 9.64 Å². The fourth-order valence-corrected chi connectivity index (χ4v) is 2.86. The molecule has 1 fully saturated rings. The molecule has 1 aliphatic heterocycles. The zero-order valence-electron chi connectivity index (χ0n) is 14.2. The molecule has 1 aromatic heterocycles. The molecule has 0 saturated carbocycles. The number of methoxy groups -OCH3 is 1. The van der Waals surface area contributed by atoms with Crippen molar-refractivity contribution in [3.05, 3.63) is 54.2 Å². The molecule has 26 heavy (non-hydrogen) atoms. The van der Waals surface area contributed by atoms with E-state index in [4.69, 9.17) is 9.47 Å². The van der Waals surface area contributed by atoms with Crippen LogP contribution in [0.2, 0.25) is 0 Å². The molecule has 0 bridgehead atoms. The zero-order chi connectivity index (χ0) is 18.5. The third-order valence-electron chi connectivity index (χ3n) is 4.24. The lowest BCUT2D eigenvalue weighted by atomic mass is 9.85. The second kappa shape index (κ2) is 7.77. The van der Waals surface area contributed by atoms with Crippen molar-refractivity contribution < 1.29 is 23.9 Å². The Morgan fingerprint density at radius 2 is 2.00 bits per heavy atom. The van der Waals surface area contributed by atoms with Crippen LogP contribution in [0.4, 0.5) is 5.82 Å². The fourth-order valence-electron chi connectivity index (χ4n) is 2.86. The fraction of sp³-hybridized carbons (Fsp3) is 0.263. The molecule has 1 aliphatic rings. The second-order valence-electron chi connectivity index (χ2n) is 5.81. The van der Waals surface area contributed by atoms with E-state index in [1.54, 1.807) is 49.6 Å². The van der Waals surface area contributed by atoms with E-state index in [0.717, 1.165) is 5.56 Å². The van der Waals surface area contributed by atoms with Gasteiger partial charge in [0, 0.05) is 12.6 Å². The van der Waals surface area contributed by atoms with Crippen LogP contribution in [0.3, 0.4) is 0 Å². The SMILES string of the molecule is COc1ccc(COC(=O)C2C(CC=O)C(=O)N2c2ccccn2)cc1. The normalized spacial score (nSPS) is 18.8. The number of amides is 1. The van der Waals surface area contributed by atoms with Crippen molar-refractivity contribution in [1.82, 2.24) is 4.98 Å². The Kier molecular flexibility index (Phi) is 5.26. The van der Waals surface area contributed by atoms with Gasteiger partial charge in [0.2, 0.25) is 5.91 Å². The summed E-state index contributed by atoms with van der Waals surface area (Å²) in [6.07, 6.45) is 2.15. The maximum Gasteiger partial charge on any atom is 0.330 e. The summed E-state index contributed by atoms with van der Waals surface area (Å²) in [7, 11) is 1.57. The number of hydrogen-bond donors (Lipinski definition) is 0. The maximum atomic E-state index is 12.6. The minimum atomic E-state index is -0.846. The lowest BCUT2D eigenvalue weighted by Gasteiger charge is -2.43. The number of nitrogens with zero attached hydrogens (tertiary/aromatic N) is 2. The van der Waals surface area contributed by atoms with Gasteiger partial charge in [-0.15, -0.1) is 0 Å². The highest BCUT2D eigenvalue weighted by Gasteiger charge is 2.53. The average molecular weight is 354 g/mol. The third kappa shape index (κ3) is 3.42. The van der Waals surface area contributed by atoms with Crippen LogP contribution in [-0.4, -0.2) is 36.3 Å². The first-order valence-corrected chi connectivity index (χ1v) is 8.13. The Hall–Kier alpha value is -3.22. The zero-order valence-corrected chi connectivity index (χ0v) is 14.2. The Morgan fingerprint density at radius 1 is 1.23 bits per heavy atom. The lowest BCUT2D eigenvalue weighted by Crippen LogP contribution is -2.65. The molecule has 0 spiro atoms. The van der Waals surface area contributed by atoms with E-state index >= 15 is 0 Å². The average Bonchev–Trinajstić information content (AvgIpc) is 2.69. The van der Waals surface area contributed by atoms with Gasteiger partial charge in [-0.25, -0.2) is 9.78 Å². The van der Waals surface area contributed by atoms with Crippen LogP contribution >= 0.6 is 0 Å². The van der Waals surface area contributed by atoms with Crippen LogP contribution in [-0.2, 0) is 25.7 Å². The van der Waals surface area contributed by atoms with Crippen LogP contribution in [0.15, 0.2) is 48.7 Å². The Balaban J connectivity index is 1.71. The highest BCUT2D eigenvalue weighted by molar-refractivity contribution is 6.10. The van der Waals surface area contributed by atoms with Gasteiger partial charge in [0.25, 0.3) is 0 Å². The van der Waals surface area contributed by atoms with Gasteiger partial charge in [0.15, 0.2) is 0 Å². The second-order valence-corrected chi connectivity index (χ2v) is 5.81. The highest BCUT2D eigenvalue weighted by atomic mass is 16.5. The molecule has 0 radical (unpaired) electrons. The van der Waals surface area contributed by atoms with Crippen LogP contribution in [0, 0.1) is 5.92 Å². The maximum absolute atomic E-state index is 12.6. The first-order valence-electron chi connectivity index (χ1n) is 8.13. The van der Waals surface area contributed by atoms with Crippen molar-refractivity contribution >= 4 is 24.0 Å². The smallest absolute Gasteiger partial charge is 0.330 e. The number of aromatic nitrogens is 1. The predicted octanol–water partition coefficient (Wildman–Crippen LogP) is 1.75. The van der Waals surface area contributed by atoms with Crippen molar-refractivity contribution in [2.75, 3.05) is 12.0 Å². The van der Waals surface area contributed by atoms with Crippen LogP contribution in [0.25, 0.3) is 0 Å². The first kappa shape index (κ1) is 17.6. The Bertz CT molecular complexity index is 791. The number of rotatable bonds is 7. The van der Waals surface area contributed by atoms with Crippen LogP contribution in [0.5, 0.6) is 5.75 Å². The van der Waals surface area contributed by atoms with E-state index in [0.29, 0.717) is 17.9 Å². The number of esters is 1. The summed E-state index contributed by atoms with van der Waals surface area (Å²) in [4.78, 5) is 41.1. The standard InChI is InChI=1S/C19H18N2O5/c1-25-14-7-5-13(6-8-14)12-26-19(24)17-15(9-11-22)18(23)21(17)16-4-2-3-10-20-16/h2-8,10-11,15,17H,9,12H2,1H3. The van der Waals surface area contributed by atoms with E-state index in [2.05, 4.69) is 4.98 Å². The molecule has 1 aromatic carbocycles. The van der Waals surface area contributed by atoms with E-state index in [9.17, 15) is 14.4 Å². The molecular formula is C19H18N2O5. The summed E-state index contributed by atoms with van der Waals surface area (Å²) in [6, 6.07) is 11.3. The number of carbonyl (C=O) groups excluding carboxylic acids is 3. The molecule has 3 rings (SSSR count). The molecule has 0 aliphatic carbocycles. The van der Waals surface area contributed by atoms with E-state index < -0.39 is 17.9 Å². The molecule has 1 amide bonds. The molecular weight excluding hydrogens is 336 g/mol. The van der Waals surface area contributed by atoms with Gasteiger partial charge in [0.1, 0.15) is 30.5 Å². The summed E-state index contributed by atoms with van der Waals surface area (Å²) >= 11 is 0. The Morgan fingerprint density at radius 3 is 2.62 bits per heavy atom. The largest absolute Gasteiger partial charge is 0.497 e. The van der Waals surface area contributed by atoms with Crippen molar-refractivity contribution in [3.8, 4) is 5.75 Å². The van der Waals surface area contributed by atoms with Gasteiger partial charge < -0.3 is 14.3 Å². The van der Waals surface area contributed by atoms with E-state index in [1.807, 2.05) is 0 Å². The van der Waals surface area contributed by atoms with Crippen LogP contribution in [0.1, 0.15) is 12.0 Å². The van der Waals surface area contributed by atoms with E-state index in [1.165, 1.54) is 11.1 Å². The van der Waals surface area contributed by atoms with Crippen molar-refractivity contribution in [3.63, 3.8) is 0 Å². The molecule has 2 unspecified atom stereocenters. The molecule has 7 heteroatoms. The van der Waals surface area contributed by atoms with Gasteiger partial charge in [-0.1, -0.05) is 18.2 Å². The molecule has 2 atom stereocenters. The summed E-state index contributed by atoms with van der Waals surface area (Å²) in [5, 5.41) is 0. The van der Waals surface area contributed by atoms with E-state index in [-0.39, 0.29) is 18.9 Å². The number of β-lactam (4-membered cyclic amide) rings is 1. The number of hydrogen-bond acceptors (Lipinski definition) is 6. The molecule has 1 saturated heterocycles. The van der Waals surface area contributed by atoms with Crippen molar-refractivity contribution in [1.29, 1.82) is 0 Å². The van der Waals surface area contributed by atoms with Gasteiger partial charge in [-0.05, 0) is 29.8 Å².